The zero-order chi connectivity index (χ0) is 28.2. The summed E-state index contributed by atoms with van der Waals surface area (Å²) in [4.78, 5) is 41.4. The lowest BCUT2D eigenvalue weighted by molar-refractivity contribution is 0.0556. The fourth-order valence-corrected chi connectivity index (χ4v) is 6.44. The summed E-state index contributed by atoms with van der Waals surface area (Å²) in [5.41, 5.74) is 10.4. The van der Waals surface area contributed by atoms with Gasteiger partial charge >= 0.3 is 0 Å². The Balaban J connectivity index is 1.26. The summed E-state index contributed by atoms with van der Waals surface area (Å²) in [6.07, 6.45) is 7.67. The standard InChI is InChI=1S/C29H26FN9O2/c1-15(40)24-25(17-10-18-7-8-19(11-17)38(18)29(41)27-33-14-34-37-27)36-28-21(13-35-39(28)26(24)31)16-6-9-23(32-12-16)20-4-2-3-5-22(20)30/h2-6,9,12-14,17-19H,7-8,10-11,31H2,1H3,(H,33,34,37)/t17?,18-,19+. The molecular weight excluding hydrogens is 525 g/mol. The number of Topliss-reactive ketones (excluding diaryl/α,β-unsaturated/α-hetero) is 1. The van der Waals surface area contributed by atoms with Crippen LogP contribution >= 0.6 is 0 Å². The van der Waals surface area contributed by atoms with E-state index in [1.54, 1.807) is 36.7 Å². The van der Waals surface area contributed by atoms with E-state index in [9.17, 15) is 14.0 Å². The van der Waals surface area contributed by atoms with Gasteiger partial charge in [0.25, 0.3) is 5.91 Å². The number of benzene rings is 1. The molecule has 1 unspecified atom stereocenters. The number of aromatic nitrogens is 7. The summed E-state index contributed by atoms with van der Waals surface area (Å²) in [6, 6.07) is 10.1. The molecule has 11 nitrogen and oxygen atoms in total. The predicted octanol–water partition coefficient (Wildman–Crippen LogP) is 4.05. The molecule has 2 saturated heterocycles. The quantitative estimate of drug-likeness (QED) is 0.311. The second-order valence-corrected chi connectivity index (χ2v) is 10.6. The number of rotatable bonds is 5. The Morgan fingerprint density at radius 2 is 1.80 bits per heavy atom. The fourth-order valence-electron chi connectivity index (χ4n) is 6.44. The van der Waals surface area contributed by atoms with Gasteiger partial charge in [0.2, 0.25) is 5.82 Å². The molecular formula is C29H26FN9O2. The molecule has 1 amide bonds. The summed E-state index contributed by atoms with van der Waals surface area (Å²) < 4.78 is 15.8. The van der Waals surface area contributed by atoms with Crippen LogP contribution in [0.3, 0.4) is 0 Å². The van der Waals surface area contributed by atoms with Crippen LogP contribution in [0.25, 0.3) is 28.0 Å². The maximum absolute atomic E-state index is 14.3. The molecule has 2 aliphatic heterocycles. The van der Waals surface area contributed by atoms with Crippen molar-refractivity contribution in [2.75, 3.05) is 5.73 Å². The minimum Gasteiger partial charge on any atom is -0.383 e. The van der Waals surface area contributed by atoms with Gasteiger partial charge in [0.05, 0.1) is 23.1 Å². The number of amides is 1. The van der Waals surface area contributed by atoms with Crippen LogP contribution in [0.4, 0.5) is 10.2 Å². The van der Waals surface area contributed by atoms with Crippen LogP contribution < -0.4 is 5.73 Å². The van der Waals surface area contributed by atoms with Crippen molar-refractivity contribution in [2.24, 2.45) is 0 Å². The number of nitrogen functional groups attached to an aromatic ring is 1. The largest absolute Gasteiger partial charge is 0.383 e. The maximum Gasteiger partial charge on any atom is 0.291 e. The average Bonchev–Trinajstić information content (AvgIpc) is 3.71. The highest BCUT2D eigenvalue weighted by Crippen LogP contribution is 2.45. The highest BCUT2D eigenvalue weighted by Gasteiger charge is 2.45. The van der Waals surface area contributed by atoms with Gasteiger partial charge in [-0.1, -0.05) is 18.2 Å². The van der Waals surface area contributed by atoms with Crippen molar-refractivity contribution in [3.05, 3.63) is 78.0 Å². The van der Waals surface area contributed by atoms with Gasteiger partial charge in [-0.05, 0) is 50.8 Å². The highest BCUT2D eigenvalue weighted by atomic mass is 19.1. The second kappa shape index (κ2) is 9.58. The zero-order valence-corrected chi connectivity index (χ0v) is 22.2. The second-order valence-electron chi connectivity index (χ2n) is 10.6. The molecule has 12 heteroatoms. The van der Waals surface area contributed by atoms with Crippen molar-refractivity contribution in [3.8, 4) is 22.4 Å². The number of halogens is 1. The van der Waals surface area contributed by atoms with Gasteiger partial charge in [-0.3, -0.25) is 19.7 Å². The molecule has 41 heavy (non-hydrogen) atoms. The summed E-state index contributed by atoms with van der Waals surface area (Å²) in [5, 5.41) is 10.9. The van der Waals surface area contributed by atoms with Crippen LogP contribution in [-0.2, 0) is 0 Å². The number of carbonyl (C=O) groups is 2. The fraction of sp³-hybridized carbons (Fsp3) is 0.276. The molecule has 0 spiro atoms. The summed E-state index contributed by atoms with van der Waals surface area (Å²) in [6.45, 7) is 1.48. The van der Waals surface area contributed by atoms with Crippen molar-refractivity contribution >= 4 is 23.2 Å². The van der Waals surface area contributed by atoms with Gasteiger partial charge in [0, 0.05) is 40.9 Å². The molecule has 7 rings (SSSR count). The van der Waals surface area contributed by atoms with Crippen molar-refractivity contribution in [2.45, 2.75) is 50.6 Å². The maximum atomic E-state index is 14.3. The van der Waals surface area contributed by atoms with Crippen molar-refractivity contribution < 1.29 is 14.0 Å². The van der Waals surface area contributed by atoms with E-state index >= 15 is 0 Å². The minimum absolute atomic E-state index is 0.00471. The van der Waals surface area contributed by atoms with Crippen LogP contribution in [-0.4, -0.2) is 63.4 Å². The van der Waals surface area contributed by atoms with Gasteiger partial charge in [0.1, 0.15) is 18.0 Å². The van der Waals surface area contributed by atoms with E-state index in [4.69, 9.17) is 10.7 Å². The number of fused-ring (bicyclic) bond motifs is 3. The number of ketones is 1. The Morgan fingerprint density at radius 1 is 1.02 bits per heavy atom. The SMILES string of the molecule is CC(=O)c1c(C2C[C@H]3CC[C@@H](C2)N3C(=O)c2ncn[nH]2)nc2c(-c3ccc(-c4ccccc4F)nc3)cnn2c1N. The van der Waals surface area contributed by atoms with Gasteiger partial charge in [-0.15, -0.1) is 0 Å². The van der Waals surface area contributed by atoms with Gasteiger partial charge in [-0.25, -0.2) is 14.4 Å². The third-order valence-corrected chi connectivity index (χ3v) is 8.26. The molecule has 0 radical (unpaired) electrons. The minimum atomic E-state index is -0.345. The number of nitrogens with one attached hydrogen (secondary N) is 1. The van der Waals surface area contributed by atoms with Crippen molar-refractivity contribution in [1.29, 1.82) is 0 Å². The third kappa shape index (κ3) is 4.05. The first-order valence-electron chi connectivity index (χ1n) is 13.5. The number of nitrogens with two attached hydrogens (primary N) is 1. The zero-order valence-electron chi connectivity index (χ0n) is 22.2. The van der Waals surface area contributed by atoms with Gasteiger partial charge in [-0.2, -0.15) is 14.7 Å². The molecule has 2 bridgehead atoms. The number of H-pyrrole nitrogens is 1. The van der Waals surface area contributed by atoms with E-state index in [1.807, 2.05) is 11.0 Å². The Morgan fingerprint density at radius 3 is 2.46 bits per heavy atom. The Hall–Kier alpha value is -5.00. The van der Waals surface area contributed by atoms with Crippen molar-refractivity contribution in [3.63, 3.8) is 0 Å². The molecule has 3 N–H and O–H groups in total. The van der Waals surface area contributed by atoms with Gasteiger partial charge in [0.15, 0.2) is 11.4 Å². The molecule has 3 atom stereocenters. The topological polar surface area (TPSA) is 148 Å². The molecule has 6 heterocycles. The van der Waals surface area contributed by atoms with E-state index in [2.05, 4.69) is 25.3 Å². The summed E-state index contributed by atoms with van der Waals surface area (Å²) in [5.74, 6) is -0.303. The number of nitrogens with zero attached hydrogens (tertiary/aromatic N) is 7. The van der Waals surface area contributed by atoms with E-state index in [0.717, 1.165) is 18.4 Å². The number of hydrogen-bond donors (Lipinski definition) is 2. The first-order chi connectivity index (χ1) is 19.9. The lowest BCUT2D eigenvalue weighted by Gasteiger charge is -2.38. The lowest BCUT2D eigenvalue weighted by atomic mass is 9.85. The lowest BCUT2D eigenvalue weighted by Crippen LogP contribution is -2.46. The third-order valence-electron chi connectivity index (χ3n) is 8.26. The number of pyridine rings is 1. The van der Waals surface area contributed by atoms with Crippen LogP contribution in [0, 0.1) is 5.82 Å². The molecule has 5 aromatic rings. The molecule has 2 fully saturated rings. The molecule has 4 aromatic heterocycles. The summed E-state index contributed by atoms with van der Waals surface area (Å²) >= 11 is 0. The van der Waals surface area contributed by atoms with Crippen LogP contribution in [0.1, 0.15) is 65.2 Å². The predicted molar refractivity (Wildman–Crippen MR) is 147 cm³/mol. The normalized spacial score (nSPS) is 20.0. The Kier molecular flexibility index (Phi) is 5.84. The van der Waals surface area contributed by atoms with E-state index < -0.39 is 0 Å². The molecule has 1 aromatic carbocycles. The Labute approximate surface area is 233 Å². The Bertz CT molecular complexity index is 1790. The molecule has 0 aliphatic carbocycles. The number of anilines is 1. The molecule has 2 aliphatic rings. The first kappa shape index (κ1) is 25.0. The average molecular weight is 552 g/mol. The highest BCUT2D eigenvalue weighted by molar-refractivity contribution is 6.00. The first-order valence-corrected chi connectivity index (χ1v) is 13.5. The van der Waals surface area contributed by atoms with Crippen LogP contribution in [0.5, 0.6) is 0 Å². The smallest absolute Gasteiger partial charge is 0.291 e. The monoisotopic (exact) mass is 551 g/mol. The van der Waals surface area contributed by atoms with E-state index in [-0.39, 0.29) is 47.2 Å². The number of carbonyl (C=O) groups excluding carboxylic acids is 2. The number of aromatic amines is 1. The van der Waals surface area contributed by atoms with E-state index in [0.29, 0.717) is 46.6 Å². The van der Waals surface area contributed by atoms with Crippen LogP contribution in [0.2, 0.25) is 0 Å². The number of piperidine rings is 1. The molecule has 206 valence electrons. The molecule has 0 saturated carbocycles. The number of hydrogen-bond acceptors (Lipinski definition) is 8. The van der Waals surface area contributed by atoms with Gasteiger partial charge < -0.3 is 10.6 Å². The van der Waals surface area contributed by atoms with Crippen molar-refractivity contribution in [1.82, 2.24) is 39.7 Å². The van der Waals surface area contributed by atoms with Crippen LogP contribution in [0.15, 0.2) is 55.1 Å². The van der Waals surface area contributed by atoms with E-state index in [1.165, 1.54) is 23.8 Å². The summed E-state index contributed by atoms with van der Waals surface area (Å²) in [7, 11) is 0.